The number of H-pyrrole nitrogens is 2. The number of hydrogen-bond acceptors (Lipinski definition) is 6. The molecule has 0 saturated heterocycles. The summed E-state index contributed by atoms with van der Waals surface area (Å²) in [6.07, 6.45) is 9.97. The summed E-state index contributed by atoms with van der Waals surface area (Å²) in [5, 5.41) is 11.5. The van der Waals surface area contributed by atoms with Gasteiger partial charge in [0, 0.05) is 42.2 Å². The third-order valence-corrected chi connectivity index (χ3v) is 5.98. The van der Waals surface area contributed by atoms with Gasteiger partial charge in [0.25, 0.3) is 0 Å². The molecule has 9 heteroatoms. The van der Waals surface area contributed by atoms with Crippen LogP contribution in [0.3, 0.4) is 0 Å². The van der Waals surface area contributed by atoms with Crippen LogP contribution >= 0.6 is 0 Å². The number of anilines is 1. The molecule has 3 N–H and O–H groups in total. The molecular formula is C27H22N8O. The lowest BCUT2D eigenvalue weighted by Crippen LogP contribution is -2.10. The maximum atomic E-state index is 12.0. The van der Waals surface area contributed by atoms with Crippen LogP contribution in [-0.4, -0.2) is 41.0 Å². The van der Waals surface area contributed by atoms with Crippen molar-refractivity contribution in [1.82, 2.24) is 35.1 Å². The van der Waals surface area contributed by atoms with Crippen molar-refractivity contribution >= 4 is 33.7 Å². The van der Waals surface area contributed by atoms with Crippen LogP contribution < -0.4 is 5.32 Å². The van der Waals surface area contributed by atoms with E-state index < -0.39 is 0 Å². The number of pyridine rings is 4. The molecule has 0 fully saturated rings. The molecule has 9 nitrogen and oxygen atoms in total. The number of aromatic nitrogens is 7. The fourth-order valence-corrected chi connectivity index (χ4v) is 4.28. The van der Waals surface area contributed by atoms with E-state index in [0.717, 1.165) is 56.6 Å². The summed E-state index contributed by atoms with van der Waals surface area (Å²) in [7, 11) is 0. The van der Waals surface area contributed by atoms with Crippen molar-refractivity contribution in [2.24, 2.45) is 0 Å². The average molecular weight is 475 g/mol. The zero-order valence-electron chi connectivity index (χ0n) is 19.5. The van der Waals surface area contributed by atoms with Crippen molar-refractivity contribution in [1.29, 1.82) is 0 Å². The van der Waals surface area contributed by atoms with Gasteiger partial charge in [-0.3, -0.25) is 19.9 Å². The van der Waals surface area contributed by atoms with Crippen molar-refractivity contribution in [3.63, 3.8) is 0 Å². The zero-order chi connectivity index (χ0) is 24.5. The summed E-state index contributed by atoms with van der Waals surface area (Å²) in [5.41, 5.74) is 8.13. The van der Waals surface area contributed by atoms with Gasteiger partial charge in [0.2, 0.25) is 5.91 Å². The zero-order valence-corrected chi connectivity index (χ0v) is 19.5. The minimum atomic E-state index is -0.0319. The van der Waals surface area contributed by atoms with Crippen molar-refractivity contribution in [2.75, 3.05) is 5.32 Å². The molecule has 6 aromatic rings. The molecule has 0 radical (unpaired) electrons. The lowest BCUT2D eigenvalue weighted by atomic mass is 10.1. The maximum absolute atomic E-state index is 12.0. The first-order chi connectivity index (χ1) is 17.7. The molecule has 0 saturated carbocycles. The quantitative estimate of drug-likeness (QED) is 0.298. The van der Waals surface area contributed by atoms with E-state index in [9.17, 15) is 4.79 Å². The second-order valence-corrected chi connectivity index (χ2v) is 8.47. The van der Waals surface area contributed by atoms with E-state index >= 15 is 0 Å². The molecule has 0 bridgehead atoms. The van der Waals surface area contributed by atoms with Crippen LogP contribution in [0.4, 0.5) is 5.69 Å². The topological polar surface area (TPSA) is 125 Å². The minimum absolute atomic E-state index is 0.0319. The Hall–Kier alpha value is -4.92. The normalized spacial score (nSPS) is 11.2. The number of hydrogen-bond donors (Lipinski definition) is 3. The first-order valence-electron chi connectivity index (χ1n) is 11.7. The lowest BCUT2D eigenvalue weighted by Gasteiger charge is -2.06. The Kier molecular flexibility index (Phi) is 5.42. The smallest absolute Gasteiger partial charge is 0.224 e. The van der Waals surface area contributed by atoms with Crippen LogP contribution in [-0.2, 0) is 4.79 Å². The number of nitrogens with one attached hydrogen (secondary N) is 3. The first kappa shape index (κ1) is 21.6. The highest BCUT2D eigenvalue weighted by molar-refractivity contribution is 5.99. The summed E-state index contributed by atoms with van der Waals surface area (Å²) in [6, 6.07) is 13.7. The number of carbonyl (C=O) groups is 1. The molecule has 1 amide bonds. The predicted molar refractivity (Wildman–Crippen MR) is 139 cm³/mol. The third-order valence-electron chi connectivity index (χ3n) is 5.98. The molecule has 0 aliphatic heterocycles. The monoisotopic (exact) mass is 474 g/mol. The maximum Gasteiger partial charge on any atom is 0.224 e. The van der Waals surface area contributed by atoms with Crippen molar-refractivity contribution in [3.05, 3.63) is 73.4 Å². The van der Waals surface area contributed by atoms with Crippen LogP contribution in [0.5, 0.6) is 0 Å². The first-order valence-corrected chi connectivity index (χ1v) is 11.7. The summed E-state index contributed by atoms with van der Waals surface area (Å²) in [6.45, 7) is 1.97. The van der Waals surface area contributed by atoms with E-state index in [1.807, 2.05) is 49.4 Å². The fourth-order valence-electron chi connectivity index (χ4n) is 4.28. The highest BCUT2D eigenvalue weighted by atomic mass is 16.1. The molecule has 0 atom stereocenters. The second kappa shape index (κ2) is 9.03. The highest BCUT2D eigenvalue weighted by Gasteiger charge is 2.16. The number of nitrogens with zero attached hydrogens (tertiary/aromatic N) is 5. The van der Waals surface area contributed by atoms with Crippen LogP contribution in [0.25, 0.3) is 55.8 Å². The van der Waals surface area contributed by atoms with Crippen molar-refractivity contribution < 1.29 is 4.79 Å². The summed E-state index contributed by atoms with van der Waals surface area (Å²) in [5.74, 6) is -0.0319. The number of aromatic amines is 2. The van der Waals surface area contributed by atoms with Crippen molar-refractivity contribution in [3.8, 4) is 33.8 Å². The van der Waals surface area contributed by atoms with E-state index in [4.69, 9.17) is 4.98 Å². The van der Waals surface area contributed by atoms with Crippen LogP contribution in [0.1, 0.15) is 19.8 Å². The van der Waals surface area contributed by atoms with Gasteiger partial charge in [-0.05, 0) is 60.0 Å². The molecule has 0 spiro atoms. The van der Waals surface area contributed by atoms with Gasteiger partial charge in [-0.25, -0.2) is 9.97 Å². The molecule has 0 aliphatic rings. The SMILES string of the molecule is CCCC(=O)Nc1cncc(-c2ccc3[nH]nc(-c4cc5c(-c6ccncc6)ccnc5[nH]4)c3n2)c1. The minimum Gasteiger partial charge on any atom is -0.338 e. The number of fused-ring (bicyclic) bond motifs is 2. The molecule has 6 aromatic heterocycles. The van der Waals surface area contributed by atoms with Gasteiger partial charge < -0.3 is 10.3 Å². The van der Waals surface area contributed by atoms with Gasteiger partial charge in [0.1, 0.15) is 16.9 Å². The fraction of sp³-hybridized carbons (Fsp3) is 0.111. The largest absolute Gasteiger partial charge is 0.338 e. The van der Waals surface area contributed by atoms with E-state index in [0.29, 0.717) is 17.8 Å². The van der Waals surface area contributed by atoms with E-state index in [2.05, 4.69) is 35.5 Å². The Labute approximate surface area is 206 Å². The number of amides is 1. The molecule has 0 aromatic carbocycles. The van der Waals surface area contributed by atoms with E-state index in [-0.39, 0.29) is 5.91 Å². The Morgan fingerprint density at radius 2 is 1.86 bits per heavy atom. The summed E-state index contributed by atoms with van der Waals surface area (Å²) in [4.78, 5) is 33.2. The predicted octanol–water partition coefficient (Wildman–Crippen LogP) is 5.36. The molecule has 176 valence electrons. The Morgan fingerprint density at radius 3 is 2.72 bits per heavy atom. The number of carbonyl (C=O) groups excluding carboxylic acids is 1. The number of rotatable bonds is 6. The molecule has 36 heavy (non-hydrogen) atoms. The Bertz CT molecular complexity index is 1700. The van der Waals surface area contributed by atoms with Gasteiger partial charge in [-0.15, -0.1) is 0 Å². The molecule has 0 unspecified atom stereocenters. The average Bonchev–Trinajstić information content (AvgIpc) is 3.53. The van der Waals surface area contributed by atoms with Crippen molar-refractivity contribution in [2.45, 2.75) is 19.8 Å². The standard InChI is InChI=1S/C27H22N8O/c1-2-3-24(36)31-18-12-17(14-29-15-18)21-4-5-22-25(32-21)26(35-34-22)23-13-20-19(8-11-30-27(20)33-23)16-6-9-28-10-7-16/h4-15H,2-3H2,1H3,(H,30,33)(H,31,36)(H,34,35). The molecule has 6 rings (SSSR count). The van der Waals surface area contributed by atoms with Gasteiger partial charge >= 0.3 is 0 Å². The van der Waals surface area contributed by atoms with Crippen LogP contribution in [0.15, 0.2) is 73.4 Å². The van der Waals surface area contributed by atoms with Crippen LogP contribution in [0, 0.1) is 0 Å². The highest BCUT2D eigenvalue weighted by Crippen LogP contribution is 2.33. The lowest BCUT2D eigenvalue weighted by molar-refractivity contribution is -0.116. The van der Waals surface area contributed by atoms with E-state index in [1.165, 1.54) is 0 Å². The third kappa shape index (κ3) is 3.96. The van der Waals surface area contributed by atoms with Gasteiger partial charge in [-0.1, -0.05) is 6.92 Å². The molecule has 6 heterocycles. The van der Waals surface area contributed by atoms with Gasteiger partial charge in [0.15, 0.2) is 0 Å². The van der Waals surface area contributed by atoms with Gasteiger partial charge in [-0.2, -0.15) is 5.10 Å². The van der Waals surface area contributed by atoms with Crippen LogP contribution in [0.2, 0.25) is 0 Å². The Morgan fingerprint density at radius 1 is 0.972 bits per heavy atom. The molecule has 0 aliphatic carbocycles. The summed E-state index contributed by atoms with van der Waals surface area (Å²) < 4.78 is 0. The molecular weight excluding hydrogens is 452 g/mol. The van der Waals surface area contributed by atoms with Gasteiger partial charge in [0.05, 0.1) is 28.8 Å². The second-order valence-electron chi connectivity index (χ2n) is 8.47. The Balaban J connectivity index is 1.40. The van der Waals surface area contributed by atoms with E-state index in [1.54, 1.807) is 31.0 Å². The summed E-state index contributed by atoms with van der Waals surface area (Å²) >= 11 is 0.